The second kappa shape index (κ2) is 8.19. The predicted octanol–water partition coefficient (Wildman–Crippen LogP) is 2.87. The molecule has 1 aromatic carbocycles. The van der Waals surface area contributed by atoms with Crippen LogP contribution in [0.2, 0.25) is 0 Å². The zero-order valence-corrected chi connectivity index (χ0v) is 16.7. The Morgan fingerprint density at radius 3 is 2.70 bits per heavy atom. The van der Waals surface area contributed by atoms with Crippen molar-refractivity contribution >= 4 is 11.8 Å². The highest BCUT2D eigenvalue weighted by atomic mass is 16.5. The summed E-state index contributed by atoms with van der Waals surface area (Å²) in [7, 11) is 3.28. The second-order valence-corrected chi connectivity index (χ2v) is 7.89. The summed E-state index contributed by atoms with van der Waals surface area (Å²) in [5.41, 5.74) is 0.978. The normalized spacial score (nSPS) is 22.6. The number of benzene rings is 1. The third kappa shape index (κ3) is 4.04. The lowest BCUT2D eigenvalue weighted by atomic mass is 10.0. The Kier molecular flexibility index (Phi) is 5.92. The summed E-state index contributed by atoms with van der Waals surface area (Å²) in [5, 5.41) is 0. The van der Waals surface area contributed by atoms with E-state index >= 15 is 0 Å². The molecule has 27 heavy (non-hydrogen) atoms. The molecule has 148 valence electrons. The van der Waals surface area contributed by atoms with Gasteiger partial charge >= 0.3 is 0 Å². The highest BCUT2D eigenvalue weighted by molar-refractivity contribution is 5.89. The predicted molar refractivity (Wildman–Crippen MR) is 103 cm³/mol. The van der Waals surface area contributed by atoms with Crippen LogP contribution in [0.5, 0.6) is 11.5 Å². The summed E-state index contributed by atoms with van der Waals surface area (Å²) in [5.74, 6) is 1.87. The number of amides is 2. The molecular formula is C21H30N2O4. The van der Waals surface area contributed by atoms with Gasteiger partial charge in [0.05, 0.1) is 26.2 Å². The van der Waals surface area contributed by atoms with Crippen molar-refractivity contribution in [2.45, 2.75) is 39.2 Å². The first-order chi connectivity index (χ1) is 12.9. The topological polar surface area (TPSA) is 59.1 Å². The van der Waals surface area contributed by atoms with Crippen molar-refractivity contribution in [2.24, 2.45) is 11.8 Å². The zero-order valence-electron chi connectivity index (χ0n) is 16.7. The summed E-state index contributed by atoms with van der Waals surface area (Å²) in [6.07, 6.45) is 2.17. The lowest BCUT2D eigenvalue weighted by Crippen LogP contribution is -2.37. The van der Waals surface area contributed by atoms with Crippen LogP contribution in [0.1, 0.15) is 44.7 Å². The lowest BCUT2D eigenvalue weighted by Gasteiger charge is -2.29. The summed E-state index contributed by atoms with van der Waals surface area (Å²) in [6.45, 7) is 6.16. The van der Waals surface area contributed by atoms with Gasteiger partial charge in [-0.3, -0.25) is 9.59 Å². The van der Waals surface area contributed by atoms with Gasteiger partial charge in [0, 0.05) is 31.6 Å². The number of rotatable bonds is 6. The number of methoxy groups -OCH3 is 2. The maximum atomic E-state index is 13.2. The highest BCUT2D eigenvalue weighted by Gasteiger charge is 2.40. The Morgan fingerprint density at radius 2 is 2.04 bits per heavy atom. The van der Waals surface area contributed by atoms with E-state index in [0.29, 0.717) is 18.9 Å². The zero-order chi connectivity index (χ0) is 19.6. The van der Waals surface area contributed by atoms with E-state index in [1.54, 1.807) is 14.2 Å². The van der Waals surface area contributed by atoms with Crippen LogP contribution in [0.25, 0.3) is 0 Å². The van der Waals surface area contributed by atoms with E-state index in [9.17, 15) is 9.59 Å². The first-order valence-corrected chi connectivity index (χ1v) is 9.74. The number of nitrogens with zero attached hydrogens (tertiary/aromatic N) is 2. The van der Waals surface area contributed by atoms with Gasteiger partial charge in [0.2, 0.25) is 11.8 Å². The molecule has 0 aromatic heterocycles. The number of hydrogen-bond donors (Lipinski definition) is 0. The molecule has 2 atom stereocenters. The SMILES string of the molecule is COc1ccc(OC)c(C2CCCN2C(=O)C2CC(=O)N(CC(C)C)C2)c1. The molecule has 0 aliphatic carbocycles. The molecule has 2 amide bonds. The molecule has 0 saturated carbocycles. The molecule has 2 saturated heterocycles. The van der Waals surface area contributed by atoms with Gasteiger partial charge < -0.3 is 19.3 Å². The van der Waals surface area contributed by atoms with Crippen LogP contribution in [-0.2, 0) is 9.59 Å². The smallest absolute Gasteiger partial charge is 0.228 e. The summed E-state index contributed by atoms with van der Waals surface area (Å²) in [4.78, 5) is 29.3. The van der Waals surface area contributed by atoms with Crippen molar-refractivity contribution in [2.75, 3.05) is 33.9 Å². The van der Waals surface area contributed by atoms with E-state index in [-0.39, 0.29) is 23.8 Å². The maximum absolute atomic E-state index is 13.2. The third-order valence-electron chi connectivity index (χ3n) is 5.48. The number of carbonyl (C=O) groups is 2. The molecular weight excluding hydrogens is 344 g/mol. The molecule has 0 radical (unpaired) electrons. The van der Waals surface area contributed by atoms with Crippen molar-refractivity contribution in [3.8, 4) is 11.5 Å². The van der Waals surface area contributed by atoms with Crippen molar-refractivity contribution in [1.29, 1.82) is 0 Å². The fourth-order valence-corrected chi connectivity index (χ4v) is 4.24. The van der Waals surface area contributed by atoms with Crippen molar-refractivity contribution in [1.82, 2.24) is 9.80 Å². The van der Waals surface area contributed by atoms with E-state index < -0.39 is 0 Å². The summed E-state index contributed by atoms with van der Waals surface area (Å²) < 4.78 is 10.9. The van der Waals surface area contributed by atoms with Crippen LogP contribution < -0.4 is 9.47 Å². The van der Waals surface area contributed by atoms with E-state index in [0.717, 1.165) is 43.0 Å². The highest BCUT2D eigenvalue weighted by Crippen LogP contribution is 2.40. The van der Waals surface area contributed by atoms with Gasteiger partial charge in [-0.15, -0.1) is 0 Å². The molecule has 2 unspecified atom stereocenters. The molecule has 2 fully saturated rings. The average Bonchev–Trinajstić information content (AvgIpc) is 3.27. The summed E-state index contributed by atoms with van der Waals surface area (Å²) in [6, 6.07) is 5.68. The Hall–Kier alpha value is -2.24. The van der Waals surface area contributed by atoms with Gasteiger partial charge in [-0.25, -0.2) is 0 Å². The minimum absolute atomic E-state index is 0.0307. The van der Waals surface area contributed by atoms with Crippen LogP contribution in [0, 0.1) is 11.8 Å². The Labute approximate surface area is 161 Å². The molecule has 2 aliphatic heterocycles. The van der Waals surface area contributed by atoms with Crippen molar-refractivity contribution in [3.05, 3.63) is 23.8 Å². The van der Waals surface area contributed by atoms with Gasteiger partial charge in [0.15, 0.2) is 0 Å². The molecule has 6 heteroatoms. The third-order valence-corrected chi connectivity index (χ3v) is 5.48. The molecule has 0 N–H and O–H groups in total. The number of hydrogen-bond acceptors (Lipinski definition) is 4. The largest absolute Gasteiger partial charge is 0.497 e. The average molecular weight is 374 g/mol. The van der Waals surface area contributed by atoms with E-state index in [2.05, 4.69) is 13.8 Å². The molecule has 0 bridgehead atoms. The first kappa shape index (κ1) is 19.5. The van der Waals surface area contributed by atoms with Crippen LogP contribution in [0.4, 0.5) is 0 Å². The first-order valence-electron chi connectivity index (χ1n) is 9.74. The molecule has 1 aromatic rings. The second-order valence-electron chi connectivity index (χ2n) is 7.89. The fraction of sp³-hybridized carbons (Fsp3) is 0.619. The maximum Gasteiger partial charge on any atom is 0.228 e. The summed E-state index contributed by atoms with van der Waals surface area (Å²) >= 11 is 0. The van der Waals surface area contributed by atoms with Gasteiger partial charge in [-0.2, -0.15) is 0 Å². The molecule has 3 rings (SSSR count). The fourth-order valence-electron chi connectivity index (χ4n) is 4.24. The minimum atomic E-state index is -0.242. The van der Waals surface area contributed by atoms with E-state index in [1.165, 1.54) is 0 Å². The Morgan fingerprint density at radius 1 is 1.26 bits per heavy atom. The van der Waals surface area contributed by atoms with Gasteiger partial charge in [-0.1, -0.05) is 13.8 Å². The molecule has 6 nitrogen and oxygen atoms in total. The monoisotopic (exact) mass is 374 g/mol. The van der Waals surface area contributed by atoms with Crippen molar-refractivity contribution in [3.63, 3.8) is 0 Å². The van der Waals surface area contributed by atoms with Crippen LogP contribution >= 0.6 is 0 Å². The van der Waals surface area contributed by atoms with E-state index in [4.69, 9.17) is 9.47 Å². The number of ether oxygens (including phenoxy) is 2. The van der Waals surface area contributed by atoms with Crippen LogP contribution in [0.3, 0.4) is 0 Å². The van der Waals surface area contributed by atoms with Crippen LogP contribution in [-0.4, -0.2) is 55.5 Å². The Balaban J connectivity index is 1.79. The number of likely N-dealkylation sites (tertiary alicyclic amines) is 2. The van der Waals surface area contributed by atoms with Gasteiger partial charge in [0.1, 0.15) is 11.5 Å². The van der Waals surface area contributed by atoms with Gasteiger partial charge in [-0.05, 0) is 37.0 Å². The minimum Gasteiger partial charge on any atom is -0.497 e. The quantitative estimate of drug-likeness (QED) is 0.768. The van der Waals surface area contributed by atoms with E-state index in [1.807, 2.05) is 28.0 Å². The lowest BCUT2D eigenvalue weighted by molar-refractivity contribution is -0.136. The standard InChI is InChI=1S/C21H30N2O4/c1-14(2)12-22-13-15(10-20(22)24)21(25)23-9-5-6-18(23)17-11-16(26-3)7-8-19(17)27-4/h7-8,11,14-15,18H,5-6,9-10,12-13H2,1-4H3. The molecule has 2 aliphatic rings. The van der Waals surface area contributed by atoms with Gasteiger partial charge in [0.25, 0.3) is 0 Å². The molecule has 0 spiro atoms. The number of carbonyl (C=O) groups excluding carboxylic acids is 2. The Bertz CT molecular complexity index is 703. The van der Waals surface area contributed by atoms with Crippen LogP contribution in [0.15, 0.2) is 18.2 Å². The molecule has 2 heterocycles. The van der Waals surface area contributed by atoms with Crippen molar-refractivity contribution < 1.29 is 19.1 Å².